The van der Waals surface area contributed by atoms with Crippen molar-refractivity contribution in [1.29, 1.82) is 0 Å². The predicted octanol–water partition coefficient (Wildman–Crippen LogP) is 0.241. The first-order chi connectivity index (χ1) is 13.5. The lowest BCUT2D eigenvalue weighted by Gasteiger charge is -2.39. The van der Waals surface area contributed by atoms with Gasteiger partial charge in [-0.3, -0.25) is 0 Å². The molecule has 2 aromatic rings. The van der Waals surface area contributed by atoms with Crippen LogP contribution in [0, 0.1) is 0 Å². The summed E-state index contributed by atoms with van der Waals surface area (Å²) in [7, 11) is 0. The summed E-state index contributed by atoms with van der Waals surface area (Å²) >= 11 is 0. The fraction of sp³-hybridized carbons (Fsp3) is 0.550. The highest BCUT2D eigenvalue weighted by Gasteiger charge is 2.44. The maximum Gasteiger partial charge on any atom is 0.339 e. The highest BCUT2D eigenvalue weighted by atomic mass is 16.7. The zero-order valence-electron chi connectivity index (χ0n) is 15.3. The second kappa shape index (κ2) is 7.81. The van der Waals surface area contributed by atoms with Crippen LogP contribution < -0.4 is 10.4 Å². The number of hydrogen-bond donors (Lipinski definition) is 4. The number of aliphatic hydroxyl groups is 4. The van der Waals surface area contributed by atoms with Crippen molar-refractivity contribution in [3.8, 4) is 5.75 Å². The minimum absolute atomic E-state index is 0.272. The van der Waals surface area contributed by atoms with Crippen LogP contribution in [0.1, 0.15) is 30.4 Å². The Morgan fingerprint density at radius 1 is 1.00 bits per heavy atom. The van der Waals surface area contributed by atoms with Crippen LogP contribution in [0.4, 0.5) is 0 Å². The Kier molecular flexibility index (Phi) is 5.39. The molecule has 0 saturated carbocycles. The van der Waals surface area contributed by atoms with Gasteiger partial charge in [0.1, 0.15) is 35.7 Å². The van der Waals surface area contributed by atoms with E-state index >= 15 is 0 Å². The van der Waals surface area contributed by atoms with Gasteiger partial charge in [0.2, 0.25) is 6.29 Å². The van der Waals surface area contributed by atoms with Crippen LogP contribution in [0.3, 0.4) is 0 Å². The lowest BCUT2D eigenvalue weighted by molar-refractivity contribution is -0.277. The molecule has 1 fully saturated rings. The van der Waals surface area contributed by atoms with E-state index in [-0.39, 0.29) is 11.4 Å². The third kappa shape index (κ3) is 3.42. The highest BCUT2D eigenvalue weighted by molar-refractivity contribution is 5.82. The maximum atomic E-state index is 12.4. The van der Waals surface area contributed by atoms with E-state index in [1.165, 1.54) is 0 Å². The predicted molar refractivity (Wildman–Crippen MR) is 98.1 cm³/mol. The SMILES string of the molecule is O=c1oc2cc(O[C@H]3O[C@@H](CO)[C@H](O)[C@@H](O)[C@@H]3O)ccc2c2c1CCCCC2. The molecule has 0 amide bonds. The molecule has 1 aliphatic heterocycles. The average Bonchev–Trinajstić information content (AvgIpc) is 2.95. The molecule has 8 nitrogen and oxygen atoms in total. The normalized spacial score (nSPS) is 30.6. The topological polar surface area (TPSA) is 130 Å². The van der Waals surface area contributed by atoms with Gasteiger partial charge in [-0.2, -0.15) is 0 Å². The number of aliphatic hydroxyl groups excluding tert-OH is 4. The second-order valence-electron chi connectivity index (χ2n) is 7.38. The van der Waals surface area contributed by atoms with Gasteiger partial charge in [-0.25, -0.2) is 4.79 Å². The molecule has 1 aromatic carbocycles. The van der Waals surface area contributed by atoms with Gasteiger partial charge in [0, 0.05) is 17.0 Å². The van der Waals surface area contributed by atoms with Gasteiger partial charge >= 0.3 is 5.63 Å². The minimum atomic E-state index is -1.52. The molecule has 2 aliphatic rings. The minimum Gasteiger partial charge on any atom is -0.462 e. The fourth-order valence-corrected chi connectivity index (χ4v) is 3.97. The van der Waals surface area contributed by atoms with Crippen molar-refractivity contribution < 1.29 is 34.3 Å². The summed E-state index contributed by atoms with van der Waals surface area (Å²) in [6.07, 6.45) is -2.22. The number of fused-ring (bicyclic) bond motifs is 3. The lowest BCUT2D eigenvalue weighted by Crippen LogP contribution is -2.60. The lowest BCUT2D eigenvalue weighted by atomic mass is 9.99. The molecule has 2 heterocycles. The Balaban J connectivity index is 1.64. The molecule has 5 atom stereocenters. The Labute approximate surface area is 160 Å². The van der Waals surface area contributed by atoms with Crippen LogP contribution in [0.15, 0.2) is 27.4 Å². The van der Waals surface area contributed by atoms with Crippen molar-refractivity contribution in [2.45, 2.75) is 62.8 Å². The Hall–Kier alpha value is -1.97. The van der Waals surface area contributed by atoms with Gasteiger partial charge in [0.05, 0.1) is 6.61 Å². The molecular formula is C20H24O8. The Morgan fingerprint density at radius 3 is 2.50 bits per heavy atom. The van der Waals surface area contributed by atoms with Gasteiger partial charge in [0.15, 0.2) is 0 Å². The molecule has 0 spiro atoms. The largest absolute Gasteiger partial charge is 0.462 e. The highest BCUT2D eigenvalue weighted by Crippen LogP contribution is 2.30. The van der Waals surface area contributed by atoms with Crippen LogP contribution >= 0.6 is 0 Å². The summed E-state index contributed by atoms with van der Waals surface area (Å²) in [6.45, 7) is -0.538. The van der Waals surface area contributed by atoms with Crippen LogP contribution in [0.2, 0.25) is 0 Å². The third-order valence-electron chi connectivity index (χ3n) is 5.55. The van der Waals surface area contributed by atoms with Gasteiger partial charge in [-0.1, -0.05) is 6.42 Å². The molecular weight excluding hydrogens is 368 g/mol. The summed E-state index contributed by atoms with van der Waals surface area (Å²) in [6, 6.07) is 5.03. The van der Waals surface area contributed by atoms with Crippen LogP contribution in [-0.4, -0.2) is 57.7 Å². The van der Waals surface area contributed by atoms with Gasteiger partial charge < -0.3 is 34.3 Å². The summed E-state index contributed by atoms with van der Waals surface area (Å²) < 4.78 is 16.5. The zero-order chi connectivity index (χ0) is 19.8. The van der Waals surface area contributed by atoms with E-state index in [1.807, 2.05) is 6.07 Å². The van der Waals surface area contributed by atoms with Crippen LogP contribution in [-0.2, 0) is 17.6 Å². The number of rotatable bonds is 3. The average molecular weight is 392 g/mol. The van der Waals surface area contributed by atoms with Gasteiger partial charge in [-0.05, 0) is 43.4 Å². The molecule has 28 heavy (non-hydrogen) atoms. The van der Waals surface area contributed by atoms with Crippen LogP contribution in [0.5, 0.6) is 5.75 Å². The molecule has 152 valence electrons. The van der Waals surface area contributed by atoms with E-state index in [0.717, 1.165) is 48.6 Å². The van der Waals surface area contributed by atoms with E-state index in [9.17, 15) is 25.2 Å². The number of ether oxygens (including phenoxy) is 2. The van der Waals surface area contributed by atoms with Gasteiger partial charge in [0.25, 0.3) is 0 Å². The van der Waals surface area contributed by atoms with Gasteiger partial charge in [-0.15, -0.1) is 0 Å². The molecule has 0 bridgehead atoms. The monoisotopic (exact) mass is 392 g/mol. The van der Waals surface area contributed by atoms with E-state index < -0.39 is 37.3 Å². The molecule has 0 radical (unpaired) electrons. The zero-order valence-corrected chi connectivity index (χ0v) is 15.3. The first-order valence-electron chi connectivity index (χ1n) is 9.55. The first-order valence-corrected chi connectivity index (χ1v) is 9.55. The van der Waals surface area contributed by atoms with Crippen molar-refractivity contribution in [3.63, 3.8) is 0 Å². The van der Waals surface area contributed by atoms with E-state index in [0.29, 0.717) is 5.58 Å². The quantitative estimate of drug-likeness (QED) is 0.432. The Morgan fingerprint density at radius 2 is 1.75 bits per heavy atom. The van der Waals surface area contributed by atoms with Crippen molar-refractivity contribution in [2.75, 3.05) is 6.61 Å². The molecule has 0 unspecified atom stereocenters. The molecule has 8 heteroatoms. The van der Waals surface area contributed by atoms with E-state index in [2.05, 4.69) is 0 Å². The molecule has 4 rings (SSSR count). The summed E-state index contributed by atoms with van der Waals surface area (Å²) in [4.78, 5) is 12.4. The second-order valence-corrected chi connectivity index (χ2v) is 7.38. The number of aryl methyl sites for hydroxylation is 1. The fourth-order valence-electron chi connectivity index (χ4n) is 3.97. The van der Waals surface area contributed by atoms with Crippen LogP contribution in [0.25, 0.3) is 11.0 Å². The number of hydrogen-bond acceptors (Lipinski definition) is 8. The van der Waals surface area contributed by atoms with Crippen molar-refractivity contribution >= 4 is 11.0 Å². The molecule has 4 N–H and O–H groups in total. The third-order valence-corrected chi connectivity index (χ3v) is 5.55. The summed E-state index contributed by atoms with van der Waals surface area (Å²) in [5.74, 6) is 0.272. The smallest absolute Gasteiger partial charge is 0.339 e. The molecule has 1 saturated heterocycles. The molecule has 1 aromatic heterocycles. The maximum absolute atomic E-state index is 12.4. The first kappa shape index (κ1) is 19.4. The Bertz CT molecular complexity index is 905. The standard InChI is InChI=1S/C20H24O8/c21-9-15-16(22)17(23)18(24)20(28-15)26-10-6-7-12-11-4-2-1-3-5-13(11)19(25)27-14(12)8-10/h6-8,15-18,20-24H,1-5,9H2/t15-,16-,17+,18-,20-/m0/s1. The number of benzene rings is 1. The van der Waals surface area contributed by atoms with Crippen molar-refractivity contribution in [2.24, 2.45) is 0 Å². The summed E-state index contributed by atoms with van der Waals surface area (Å²) in [5.41, 5.74) is 1.80. The van der Waals surface area contributed by atoms with E-state index in [4.69, 9.17) is 13.9 Å². The van der Waals surface area contributed by atoms with E-state index in [1.54, 1.807) is 12.1 Å². The van der Waals surface area contributed by atoms with Crippen molar-refractivity contribution in [1.82, 2.24) is 0 Å². The summed E-state index contributed by atoms with van der Waals surface area (Å²) in [5, 5.41) is 40.0. The molecule has 1 aliphatic carbocycles. The van der Waals surface area contributed by atoms with Crippen molar-refractivity contribution in [3.05, 3.63) is 39.7 Å².